The van der Waals surface area contributed by atoms with E-state index in [-0.39, 0.29) is 18.9 Å². The van der Waals surface area contributed by atoms with Gasteiger partial charge in [-0.15, -0.1) is 0 Å². The third-order valence-electron chi connectivity index (χ3n) is 5.11. The zero-order valence-corrected chi connectivity index (χ0v) is 22.2. The molecule has 0 radical (unpaired) electrons. The second kappa shape index (κ2) is 13.2. The Labute approximate surface area is 224 Å². The molecule has 1 fully saturated rings. The van der Waals surface area contributed by atoms with Crippen molar-refractivity contribution in [2.75, 3.05) is 13.2 Å². The van der Waals surface area contributed by atoms with Crippen LogP contribution in [0.25, 0.3) is 6.08 Å². The Kier molecular flexibility index (Phi) is 10.3. The fourth-order valence-corrected chi connectivity index (χ4v) is 5.13. The Morgan fingerprint density at radius 1 is 1.11 bits per heavy atom. The molecule has 1 N–H and O–H groups in total. The minimum Gasteiger partial charge on any atom is -0.490 e. The van der Waals surface area contributed by atoms with Crippen molar-refractivity contribution >= 4 is 69.5 Å². The van der Waals surface area contributed by atoms with E-state index in [1.807, 2.05) is 25.1 Å². The predicted octanol–water partition coefficient (Wildman–Crippen LogP) is 6.82. The summed E-state index contributed by atoms with van der Waals surface area (Å²) in [6.07, 6.45) is 3.92. The Bertz CT molecular complexity index is 1140. The molecule has 1 aliphatic rings. The van der Waals surface area contributed by atoms with Crippen molar-refractivity contribution in [3.63, 3.8) is 0 Å². The number of carboxylic acid groups (broad SMARTS) is 1. The van der Waals surface area contributed by atoms with Crippen LogP contribution in [0.2, 0.25) is 10.0 Å². The number of thioether (sulfide) groups is 1. The summed E-state index contributed by atoms with van der Waals surface area (Å²) in [6.45, 7) is 3.06. The van der Waals surface area contributed by atoms with E-state index >= 15 is 0 Å². The fraction of sp³-hybridized carbons (Fsp3) is 0.320. The van der Waals surface area contributed by atoms with Crippen molar-refractivity contribution in [3.8, 4) is 11.5 Å². The molecule has 186 valence electrons. The second-order valence-corrected chi connectivity index (χ2v) is 10.2. The van der Waals surface area contributed by atoms with Gasteiger partial charge in [-0.25, -0.2) is 0 Å². The molecule has 0 saturated carbocycles. The molecule has 6 nitrogen and oxygen atoms in total. The highest BCUT2D eigenvalue weighted by Crippen LogP contribution is 2.35. The number of unbranched alkanes of at least 4 members (excludes halogenated alkanes) is 2. The van der Waals surface area contributed by atoms with Crippen molar-refractivity contribution in [1.82, 2.24) is 4.90 Å². The third-order valence-corrected chi connectivity index (χ3v) is 7.07. The average Bonchev–Trinajstić information content (AvgIpc) is 3.06. The number of amides is 1. The Hall–Kier alpha value is -2.26. The molecule has 2 aromatic rings. The highest BCUT2D eigenvalue weighted by molar-refractivity contribution is 8.26. The first-order chi connectivity index (χ1) is 16.8. The van der Waals surface area contributed by atoms with Crippen molar-refractivity contribution in [1.29, 1.82) is 0 Å². The van der Waals surface area contributed by atoms with Crippen LogP contribution in [-0.2, 0) is 16.2 Å². The lowest BCUT2D eigenvalue weighted by atomic mass is 10.1. The van der Waals surface area contributed by atoms with Crippen LogP contribution in [0.1, 0.15) is 43.7 Å². The molecule has 0 atom stereocenters. The maximum absolute atomic E-state index is 12.9. The first-order valence-electron chi connectivity index (χ1n) is 11.1. The largest absolute Gasteiger partial charge is 0.490 e. The van der Waals surface area contributed by atoms with Crippen LogP contribution in [0, 0.1) is 0 Å². The molecule has 1 aliphatic heterocycles. The fourth-order valence-electron chi connectivity index (χ4n) is 3.36. The molecule has 0 spiro atoms. The maximum atomic E-state index is 12.9. The van der Waals surface area contributed by atoms with Crippen molar-refractivity contribution < 1.29 is 24.2 Å². The monoisotopic (exact) mass is 553 g/mol. The summed E-state index contributed by atoms with van der Waals surface area (Å²) in [6, 6.07) is 10.7. The van der Waals surface area contributed by atoms with Gasteiger partial charge < -0.3 is 14.6 Å². The second-order valence-electron chi connectivity index (χ2n) is 7.70. The Morgan fingerprint density at radius 2 is 1.91 bits per heavy atom. The number of hydrogen-bond donors (Lipinski definition) is 1. The van der Waals surface area contributed by atoms with Gasteiger partial charge in [0.25, 0.3) is 5.91 Å². The molecule has 0 aliphatic carbocycles. The summed E-state index contributed by atoms with van der Waals surface area (Å²) in [7, 11) is 0. The van der Waals surface area contributed by atoms with Gasteiger partial charge in [-0.05, 0) is 55.7 Å². The van der Waals surface area contributed by atoms with Crippen LogP contribution in [-0.4, -0.2) is 39.4 Å². The van der Waals surface area contributed by atoms with E-state index in [0.29, 0.717) is 56.8 Å². The quantitative estimate of drug-likeness (QED) is 0.175. The van der Waals surface area contributed by atoms with Gasteiger partial charge in [0, 0.05) is 28.6 Å². The summed E-state index contributed by atoms with van der Waals surface area (Å²) >= 11 is 18.8. The highest BCUT2D eigenvalue weighted by atomic mass is 35.5. The molecule has 0 aromatic heterocycles. The molecule has 1 amide bonds. The summed E-state index contributed by atoms with van der Waals surface area (Å²) in [5.41, 5.74) is 1.58. The van der Waals surface area contributed by atoms with Crippen LogP contribution in [0.5, 0.6) is 11.5 Å². The van der Waals surface area contributed by atoms with Gasteiger partial charge >= 0.3 is 5.97 Å². The standard InChI is InChI=1S/C25H25Cl2NO5S2/c1-2-32-21-12-16(7-10-20(21)33-15-17-8-9-18(26)14-19(17)27)13-22-24(31)28(25(34)35-22)11-5-3-4-6-23(29)30/h7-10,12-14H,2-6,11,15H2,1H3,(H,29,30)/b22-13-. The molecule has 1 saturated heterocycles. The first kappa shape index (κ1) is 27.3. The van der Waals surface area contributed by atoms with E-state index < -0.39 is 5.97 Å². The Morgan fingerprint density at radius 3 is 2.63 bits per heavy atom. The number of hydrogen-bond acceptors (Lipinski definition) is 6. The number of nitrogens with zero attached hydrogens (tertiary/aromatic N) is 1. The lowest BCUT2D eigenvalue weighted by molar-refractivity contribution is -0.137. The van der Waals surface area contributed by atoms with Crippen molar-refractivity contribution in [2.45, 2.75) is 39.2 Å². The zero-order valence-electron chi connectivity index (χ0n) is 19.1. The van der Waals surface area contributed by atoms with E-state index in [2.05, 4.69) is 0 Å². The van der Waals surface area contributed by atoms with Crippen molar-refractivity contribution in [3.05, 3.63) is 62.5 Å². The highest BCUT2D eigenvalue weighted by Gasteiger charge is 2.31. The number of carbonyl (C=O) groups excluding carboxylic acids is 1. The molecule has 35 heavy (non-hydrogen) atoms. The number of rotatable bonds is 12. The van der Waals surface area contributed by atoms with Gasteiger partial charge in [0.2, 0.25) is 0 Å². The van der Waals surface area contributed by atoms with Crippen LogP contribution in [0.4, 0.5) is 0 Å². The summed E-state index contributed by atoms with van der Waals surface area (Å²) in [4.78, 5) is 25.6. The summed E-state index contributed by atoms with van der Waals surface area (Å²) in [5.74, 6) is 0.160. The molecule has 0 bridgehead atoms. The number of ether oxygens (including phenoxy) is 2. The normalized spacial score (nSPS) is 14.6. The van der Waals surface area contributed by atoms with Gasteiger partial charge in [0.15, 0.2) is 11.5 Å². The van der Waals surface area contributed by atoms with Gasteiger partial charge in [0.05, 0.1) is 11.5 Å². The average molecular weight is 555 g/mol. The number of halogens is 2. The lowest BCUT2D eigenvalue weighted by Gasteiger charge is -2.14. The van der Waals surface area contributed by atoms with Crippen molar-refractivity contribution in [2.24, 2.45) is 0 Å². The lowest BCUT2D eigenvalue weighted by Crippen LogP contribution is -2.29. The molecular weight excluding hydrogens is 529 g/mol. The van der Waals surface area contributed by atoms with Gasteiger partial charge in [-0.3, -0.25) is 14.5 Å². The number of benzene rings is 2. The first-order valence-corrected chi connectivity index (χ1v) is 13.1. The molecule has 2 aromatic carbocycles. The summed E-state index contributed by atoms with van der Waals surface area (Å²) in [5, 5.41) is 9.81. The third kappa shape index (κ3) is 7.87. The van der Waals surface area contributed by atoms with E-state index in [1.54, 1.807) is 29.2 Å². The molecule has 3 rings (SSSR count). The number of aliphatic carboxylic acids is 1. The van der Waals surface area contributed by atoms with Crippen LogP contribution in [0.3, 0.4) is 0 Å². The molecular formula is C25H25Cl2NO5S2. The number of thiocarbonyl (C=S) groups is 1. The minimum absolute atomic E-state index is 0.132. The van der Waals surface area contributed by atoms with E-state index in [0.717, 1.165) is 17.5 Å². The number of carbonyl (C=O) groups is 2. The topological polar surface area (TPSA) is 76.1 Å². The predicted molar refractivity (Wildman–Crippen MR) is 144 cm³/mol. The van der Waals surface area contributed by atoms with E-state index in [1.165, 1.54) is 11.8 Å². The van der Waals surface area contributed by atoms with Crippen LogP contribution < -0.4 is 9.47 Å². The van der Waals surface area contributed by atoms with E-state index in [4.69, 9.17) is 50.0 Å². The smallest absolute Gasteiger partial charge is 0.303 e. The Balaban J connectivity index is 1.67. The minimum atomic E-state index is -0.810. The summed E-state index contributed by atoms with van der Waals surface area (Å²) < 4.78 is 12.2. The van der Waals surface area contributed by atoms with E-state index in [9.17, 15) is 9.59 Å². The zero-order chi connectivity index (χ0) is 25.4. The van der Waals surface area contributed by atoms with Crippen LogP contribution in [0.15, 0.2) is 41.3 Å². The van der Waals surface area contributed by atoms with Crippen LogP contribution >= 0.6 is 47.2 Å². The molecule has 0 unspecified atom stereocenters. The van der Waals surface area contributed by atoms with Gasteiger partial charge in [-0.2, -0.15) is 0 Å². The number of carboxylic acids is 1. The molecule has 10 heteroatoms. The van der Waals surface area contributed by atoms with Gasteiger partial charge in [-0.1, -0.05) is 65.7 Å². The maximum Gasteiger partial charge on any atom is 0.303 e. The van der Waals surface area contributed by atoms with Gasteiger partial charge in [0.1, 0.15) is 10.9 Å². The molecule has 1 heterocycles. The SMILES string of the molecule is CCOc1cc(/C=C2\SC(=S)N(CCCCCC(=O)O)C2=O)ccc1OCc1ccc(Cl)cc1Cl.